The lowest BCUT2D eigenvalue weighted by atomic mass is 10.0. The molecule has 0 saturated heterocycles. The lowest BCUT2D eigenvalue weighted by molar-refractivity contribution is 0.0978. The Kier molecular flexibility index (Phi) is 6.57. The second-order valence-corrected chi connectivity index (χ2v) is 4.83. The standard InChI is InChI=1S/C14H16BrNO/c15-13-9-6-5-8-12(13)14(17)10-4-2-1-3-7-11-16/h5-6,8-9H,1-4,7,10H2. The van der Waals surface area contributed by atoms with E-state index in [1.807, 2.05) is 24.3 Å². The van der Waals surface area contributed by atoms with Gasteiger partial charge in [-0.3, -0.25) is 4.79 Å². The van der Waals surface area contributed by atoms with Gasteiger partial charge in [-0.1, -0.05) is 47.0 Å². The fraction of sp³-hybridized carbons (Fsp3) is 0.429. The summed E-state index contributed by atoms with van der Waals surface area (Å²) in [6, 6.07) is 9.65. The lowest BCUT2D eigenvalue weighted by Crippen LogP contribution is -1.99. The molecule has 1 aromatic rings. The van der Waals surface area contributed by atoms with Crippen LogP contribution in [-0.4, -0.2) is 5.78 Å². The Hall–Kier alpha value is -1.14. The Morgan fingerprint density at radius 3 is 2.59 bits per heavy atom. The van der Waals surface area contributed by atoms with Crippen LogP contribution in [0.15, 0.2) is 28.7 Å². The van der Waals surface area contributed by atoms with Gasteiger partial charge in [0.1, 0.15) is 0 Å². The number of ketones is 1. The summed E-state index contributed by atoms with van der Waals surface area (Å²) in [6.45, 7) is 0. The number of benzene rings is 1. The predicted molar refractivity (Wildman–Crippen MR) is 71.8 cm³/mol. The highest BCUT2D eigenvalue weighted by Gasteiger charge is 2.08. The molecule has 0 spiro atoms. The molecule has 0 aliphatic rings. The first-order chi connectivity index (χ1) is 8.25. The topological polar surface area (TPSA) is 40.9 Å². The predicted octanol–water partition coefficient (Wildman–Crippen LogP) is 4.50. The van der Waals surface area contributed by atoms with Crippen molar-refractivity contribution >= 4 is 21.7 Å². The van der Waals surface area contributed by atoms with Gasteiger partial charge in [0.05, 0.1) is 6.07 Å². The molecule has 0 atom stereocenters. The van der Waals surface area contributed by atoms with Crippen molar-refractivity contribution in [3.05, 3.63) is 34.3 Å². The van der Waals surface area contributed by atoms with Crippen LogP contribution in [0.25, 0.3) is 0 Å². The van der Waals surface area contributed by atoms with E-state index in [0.29, 0.717) is 12.8 Å². The Balaban J connectivity index is 2.27. The third-order valence-electron chi connectivity index (χ3n) is 2.62. The van der Waals surface area contributed by atoms with Gasteiger partial charge in [-0.15, -0.1) is 0 Å². The molecular weight excluding hydrogens is 278 g/mol. The van der Waals surface area contributed by atoms with E-state index in [9.17, 15) is 4.79 Å². The van der Waals surface area contributed by atoms with E-state index in [2.05, 4.69) is 22.0 Å². The van der Waals surface area contributed by atoms with Crippen LogP contribution < -0.4 is 0 Å². The highest BCUT2D eigenvalue weighted by atomic mass is 79.9. The molecule has 0 saturated carbocycles. The summed E-state index contributed by atoms with van der Waals surface area (Å²) in [4.78, 5) is 11.9. The summed E-state index contributed by atoms with van der Waals surface area (Å²) in [5, 5.41) is 8.38. The van der Waals surface area contributed by atoms with Gasteiger partial charge in [0, 0.05) is 22.9 Å². The van der Waals surface area contributed by atoms with E-state index >= 15 is 0 Å². The van der Waals surface area contributed by atoms with Gasteiger partial charge in [0.2, 0.25) is 0 Å². The van der Waals surface area contributed by atoms with Gasteiger partial charge in [0.15, 0.2) is 5.78 Å². The van der Waals surface area contributed by atoms with Gasteiger partial charge in [-0.2, -0.15) is 5.26 Å². The molecule has 0 aromatic heterocycles. The summed E-state index contributed by atoms with van der Waals surface area (Å²) in [7, 11) is 0. The number of hydrogen-bond acceptors (Lipinski definition) is 2. The Labute approximate surface area is 111 Å². The molecule has 3 heteroatoms. The van der Waals surface area contributed by atoms with E-state index < -0.39 is 0 Å². The molecule has 90 valence electrons. The Bertz CT molecular complexity index is 409. The average Bonchev–Trinajstić information content (AvgIpc) is 2.34. The van der Waals surface area contributed by atoms with Crippen LogP contribution in [0.1, 0.15) is 48.9 Å². The molecule has 0 aliphatic carbocycles. The number of halogens is 1. The average molecular weight is 294 g/mol. The van der Waals surface area contributed by atoms with E-state index in [0.717, 1.165) is 35.7 Å². The largest absolute Gasteiger partial charge is 0.294 e. The van der Waals surface area contributed by atoms with Crippen LogP contribution in [-0.2, 0) is 0 Å². The molecule has 0 heterocycles. The van der Waals surface area contributed by atoms with Crippen molar-refractivity contribution in [2.45, 2.75) is 38.5 Å². The molecule has 2 nitrogen and oxygen atoms in total. The summed E-state index contributed by atoms with van der Waals surface area (Å²) in [6.07, 6.45) is 5.13. The van der Waals surface area contributed by atoms with E-state index in [-0.39, 0.29) is 5.78 Å². The Morgan fingerprint density at radius 1 is 1.18 bits per heavy atom. The third kappa shape index (κ3) is 5.14. The zero-order valence-electron chi connectivity index (χ0n) is 9.79. The minimum Gasteiger partial charge on any atom is -0.294 e. The molecule has 1 aromatic carbocycles. The maximum Gasteiger partial charge on any atom is 0.164 e. The molecule has 0 bridgehead atoms. The first-order valence-corrected chi connectivity index (χ1v) is 6.69. The highest BCUT2D eigenvalue weighted by molar-refractivity contribution is 9.10. The minimum absolute atomic E-state index is 0.192. The Morgan fingerprint density at radius 2 is 1.88 bits per heavy atom. The quantitative estimate of drug-likeness (QED) is 0.549. The zero-order chi connectivity index (χ0) is 12.5. The fourth-order valence-electron chi connectivity index (χ4n) is 1.67. The van der Waals surface area contributed by atoms with Crippen LogP contribution in [0.2, 0.25) is 0 Å². The van der Waals surface area contributed by atoms with Crippen molar-refractivity contribution in [3.8, 4) is 6.07 Å². The SMILES string of the molecule is N#CCCCCCCC(=O)c1ccccc1Br. The normalized spacial score (nSPS) is 9.88. The third-order valence-corrected chi connectivity index (χ3v) is 3.31. The molecule has 0 unspecified atom stereocenters. The number of nitrogens with zero attached hydrogens (tertiary/aromatic N) is 1. The number of unbranched alkanes of at least 4 members (excludes halogenated alkanes) is 4. The van der Waals surface area contributed by atoms with Crippen LogP contribution in [0.3, 0.4) is 0 Å². The maximum atomic E-state index is 11.9. The molecule has 0 fully saturated rings. The molecule has 0 radical (unpaired) electrons. The number of rotatable bonds is 7. The molecular formula is C14H16BrNO. The van der Waals surface area contributed by atoms with Crippen molar-refractivity contribution in [2.75, 3.05) is 0 Å². The first kappa shape index (κ1) is 13.9. The van der Waals surface area contributed by atoms with Gasteiger partial charge < -0.3 is 0 Å². The van der Waals surface area contributed by atoms with Crippen LogP contribution >= 0.6 is 15.9 Å². The van der Waals surface area contributed by atoms with E-state index in [1.165, 1.54) is 0 Å². The zero-order valence-corrected chi connectivity index (χ0v) is 11.4. The second kappa shape index (κ2) is 8.03. The summed E-state index contributed by atoms with van der Waals surface area (Å²) in [5.41, 5.74) is 0.768. The van der Waals surface area contributed by atoms with Crippen molar-refractivity contribution in [1.29, 1.82) is 5.26 Å². The van der Waals surface area contributed by atoms with Gasteiger partial charge in [-0.05, 0) is 18.9 Å². The van der Waals surface area contributed by atoms with Crippen molar-refractivity contribution < 1.29 is 4.79 Å². The van der Waals surface area contributed by atoms with E-state index in [4.69, 9.17) is 5.26 Å². The highest BCUT2D eigenvalue weighted by Crippen LogP contribution is 2.18. The van der Waals surface area contributed by atoms with Crippen molar-refractivity contribution in [2.24, 2.45) is 0 Å². The number of carbonyl (C=O) groups excluding carboxylic acids is 1. The van der Waals surface area contributed by atoms with Crippen molar-refractivity contribution in [1.82, 2.24) is 0 Å². The first-order valence-electron chi connectivity index (χ1n) is 5.90. The lowest BCUT2D eigenvalue weighted by Gasteiger charge is -2.03. The fourth-order valence-corrected chi connectivity index (χ4v) is 2.17. The summed E-state index contributed by atoms with van der Waals surface area (Å²) in [5.74, 6) is 0.192. The van der Waals surface area contributed by atoms with Gasteiger partial charge >= 0.3 is 0 Å². The van der Waals surface area contributed by atoms with Crippen molar-refractivity contribution in [3.63, 3.8) is 0 Å². The molecule has 17 heavy (non-hydrogen) atoms. The second-order valence-electron chi connectivity index (χ2n) is 3.98. The minimum atomic E-state index is 0.192. The van der Waals surface area contributed by atoms with Crippen LogP contribution in [0.4, 0.5) is 0 Å². The molecule has 0 aliphatic heterocycles. The number of hydrogen-bond donors (Lipinski definition) is 0. The maximum absolute atomic E-state index is 11.9. The van der Waals surface area contributed by atoms with Gasteiger partial charge in [0.25, 0.3) is 0 Å². The monoisotopic (exact) mass is 293 g/mol. The smallest absolute Gasteiger partial charge is 0.164 e. The van der Waals surface area contributed by atoms with Crippen LogP contribution in [0.5, 0.6) is 0 Å². The van der Waals surface area contributed by atoms with Gasteiger partial charge in [-0.25, -0.2) is 0 Å². The number of nitriles is 1. The molecule has 1 rings (SSSR count). The number of Topliss-reactive ketones (excluding diaryl/α,β-unsaturated/α-hetero) is 1. The molecule has 0 amide bonds. The number of carbonyl (C=O) groups is 1. The summed E-state index contributed by atoms with van der Waals surface area (Å²) >= 11 is 3.38. The van der Waals surface area contributed by atoms with E-state index in [1.54, 1.807) is 0 Å². The van der Waals surface area contributed by atoms with Crippen LogP contribution in [0, 0.1) is 11.3 Å². The molecule has 0 N–H and O–H groups in total. The summed E-state index contributed by atoms with van der Waals surface area (Å²) < 4.78 is 0.870.